The Morgan fingerprint density at radius 1 is 1.00 bits per heavy atom. The third-order valence-electron chi connectivity index (χ3n) is 7.16. The summed E-state index contributed by atoms with van der Waals surface area (Å²) in [5, 5.41) is 0. The quantitative estimate of drug-likeness (QED) is 0.683. The van der Waals surface area contributed by atoms with E-state index < -0.39 is 0 Å². The lowest BCUT2D eigenvalue weighted by molar-refractivity contribution is -0.145. The molecule has 4 bridgehead atoms. The first-order chi connectivity index (χ1) is 10.6. The van der Waals surface area contributed by atoms with E-state index in [1.807, 2.05) is 0 Å². The molecule has 0 N–H and O–H groups in total. The van der Waals surface area contributed by atoms with Gasteiger partial charge in [0.1, 0.15) is 11.4 Å². The van der Waals surface area contributed by atoms with Crippen molar-refractivity contribution in [3.8, 4) is 5.75 Å². The fourth-order valence-corrected chi connectivity index (χ4v) is 5.64. The molecule has 1 heteroatoms. The number of hydrogen-bond acceptors (Lipinski definition) is 1. The van der Waals surface area contributed by atoms with Crippen molar-refractivity contribution in [3.63, 3.8) is 0 Å². The Kier molecular flexibility index (Phi) is 3.51. The van der Waals surface area contributed by atoms with E-state index in [0.717, 1.165) is 29.4 Å². The second kappa shape index (κ2) is 5.28. The van der Waals surface area contributed by atoms with E-state index in [1.54, 1.807) is 0 Å². The maximum absolute atomic E-state index is 6.65. The molecule has 1 nitrogen and oxygen atoms in total. The molecule has 1 atom stereocenters. The van der Waals surface area contributed by atoms with Gasteiger partial charge in [-0.2, -0.15) is 0 Å². The van der Waals surface area contributed by atoms with E-state index in [1.165, 1.54) is 44.1 Å². The minimum Gasteiger partial charge on any atom is -0.487 e. The van der Waals surface area contributed by atoms with Crippen LogP contribution in [0.3, 0.4) is 0 Å². The number of benzene rings is 1. The fraction of sp³-hybridized carbons (Fsp3) is 0.714. The summed E-state index contributed by atoms with van der Waals surface area (Å²) in [4.78, 5) is 0. The highest BCUT2D eigenvalue weighted by molar-refractivity contribution is 5.30. The first kappa shape index (κ1) is 14.6. The van der Waals surface area contributed by atoms with Crippen LogP contribution in [-0.2, 0) is 0 Å². The largest absolute Gasteiger partial charge is 0.487 e. The van der Waals surface area contributed by atoms with E-state index in [0.29, 0.717) is 5.92 Å². The predicted octanol–water partition coefficient (Wildman–Crippen LogP) is 5.79. The summed E-state index contributed by atoms with van der Waals surface area (Å²) in [6, 6.07) is 8.95. The number of hydrogen-bond donors (Lipinski definition) is 0. The molecule has 0 radical (unpaired) electrons. The zero-order valence-electron chi connectivity index (χ0n) is 14.3. The first-order valence-electron chi connectivity index (χ1n) is 9.37. The van der Waals surface area contributed by atoms with E-state index in [-0.39, 0.29) is 5.60 Å². The van der Waals surface area contributed by atoms with Gasteiger partial charge in [-0.25, -0.2) is 0 Å². The van der Waals surface area contributed by atoms with E-state index in [2.05, 4.69) is 45.0 Å². The standard InChI is InChI=1S/C21H30O/c1-4-14(2)17-5-7-20(8-6-17)22-21(3)18-10-15-9-16(12-18)13-19(21)11-15/h5-8,14-16,18-19H,4,9-13H2,1-3H3. The smallest absolute Gasteiger partial charge is 0.120 e. The Balaban J connectivity index is 1.53. The van der Waals surface area contributed by atoms with Gasteiger partial charge in [0.25, 0.3) is 0 Å². The van der Waals surface area contributed by atoms with Gasteiger partial charge in [0.2, 0.25) is 0 Å². The van der Waals surface area contributed by atoms with Gasteiger partial charge in [-0.3, -0.25) is 0 Å². The Labute approximate surface area is 135 Å². The van der Waals surface area contributed by atoms with Crippen LogP contribution in [0.15, 0.2) is 24.3 Å². The van der Waals surface area contributed by atoms with E-state index >= 15 is 0 Å². The lowest BCUT2D eigenvalue weighted by Crippen LogP contribution is -2.59. The van der Waals surface area contributed by atoms with Crippen molar-refractivity contribution in [3.05, 3.63) is 29.8 Å². The summed E-state index contributed by atoms with van der Waals surface area (Å²) < 4.78 is 6.65. The van der Waals surface area contributed by atoms with Gasteiger partial charge < -0.3 is 4.74 Å². The lowest BCUT2D eigenvalue weighted by Gasteiger charge is -2.59. The van der Waals surface area contributed by atoms with Crippen LogP contribution in [-0.4, -0.2) is 5.60 Å². The van der Waals surface area contributed by atoms with Crippen LogP contribution >= 0.6 is 0 Å². The molecule has 4 aliphatic carbocycles. The van der Waals surface area contributed by atoms with Gasteiger partial charge in [0.15, 0.2) is 0 Å². The van der Waals surface area contributed by atoms with Crippen LogP contribution < -0.4 is 4.74 Å². The van der Waals surface area contributed by atoms with Gasteiger partial charge in [-0.15, -0.1) is 0 Å². The van der Waals surface area contributed by atoms with Crippen molar-refractivity contribution in [2.75, 3.05) is 0 Å². The van der Waals surface area contributed by atoms with Crippen LogP contribution in [0.5, 0.6) is 5.75 Å². The summed E-state index contributed by atoms with van der Waals surface area (Å²) >= 11 is 0. The van der Waals surface area contributed by atoms with Crippen molar-refractivity contribution >= 4 is 0 Å². The zero-order valence-corrected chi connectivity index (χ0v) is 14.3. The summed E-state index contributed by atoms with van der Waals surface area (Å²) in [5.74, 6) is 5.32. The highest BCUT2D eigenvalue weighted by Gasteiger charge is 2.56. The molecule has 0 saturated heterocycles. The molecule has 0 spiro atoms. The molecule has 4 saturated carbocycles. The normalized spacial score (nSPS) is 40.7. The zero-order chi connectivity index (χ0) is 15.3. The molecule has 4 aliphatic rings. The van der Waals surface area contributed by atoms with Crippen LogP contribution in [0.1, 0.15) is 70.8 Å². The van der Waals surface area contributed by atoms with Crippen molar-refractivity contribution in [2.45, 2.75) is 70.8 Å². The molecule has 22 heavy (non-hydrogen) atoms. The molecule has 1 aromatic carbocycles. The second-order valence-corrected chi connectivity index (χ2v) is 8.47. The average molecular weight is 298 g/mol. The Morgan fingerprint density at radius 3 is 2.05 bits per heavy atom. The minimum atomic E-state index is 0.0886. The Morgan fingerprint density at radius 2 is 1.55 bits per heavy atom. The van der Waals surface area contributed by atoms with E-state index in [4.69, 9.17) is 4.74 Å². The summed E-state index contributed by atoms with van der Waals surface area (Å²) in [7, 11) is 0. The van der Waals surface area contributed by atoms with Crippen molar-refractivity contribution in [1.82, 2.24) is 0 Å². The molecule has 1 unspecified atom stereocenters. The first-order valence-corrected chi connectivity index (χ1v) is 9.37. The van der Waals surface area contributed by atoms with E-state index in [9.17, 15) is 0 Å². The Hall–Kier alpha value is -0.980. The fourth-order valence-electron chi connectivity index (χ4n) is 5.64. The van der Waals surface area contributed by atoms with Crippen molar-refractivity contribution in [2.24, 2.45) is 23.7 Å². The molecule has 0 amide bonds. The molecule has 4 fully saturated rings. The third-order valence-corrected chi connectivity index (χ3v) is 7.16. The van der Waals surface area contributed by atoms with Crippen molar-refractivity contribution in [1.29, 1.82) is 0 Å². The molecule has 120 valence electrons. The van der Waals surface area contributed by atoms with Gasteiger partial charge in [0, 0.05) is 0 Å². The maximum atomic E-state index is 6.65. The topological polar surface area (TPSA) is 9.23 Å². The summed E-state index contributed by atoms with van der Waals surface area (Å²) in [6.07, 6.45) is 8.35. The highest BCUT2D eigenvalue weighted by atomic mass is 16.5. The van der Waals surface area contributed by atoms with Crippen molar-refractivity contribution < 1.29 is 4.74 Å². The molecule has 0 heterocycles. The molecular formula is C21H30O. The second-order valence-electron chi connectivity index (χ2n) is 8.47. The molecular weight excluding hydrogens is 268 g/mol. The predicted molar refractivity (Wildman–Crippen MR) is 91.2 cm³/mol. The average Bonchev–Trinajstić information content (AvgIpc) is 2.52. The van der Waals surface area contributed by atoms with Gasteiger partial charge >= 0.3 is 0 Å². The highest BCUT2D eigenvalue weighted by Crippen LogP contribution is 2.59. The minimum absolute atomic E-state index is 0.0886. The SMILES string of the molecule is CCC(C)c1ccc(OC2(C)C3CC4CC(C3)CC2C4)cc1. The summed E-state index contributed by atoms with van der Waals surface area (Å²) in [5.41, 5.74) is 1.52. The van der Waals surface area contributed by atoms with Gasteiger partial charge in [-0.05, 0) is 92.7 Å². The third kappa shape index (κ3) is 2.28. The molecule has 1 aromatic rings. The molecule has 5 rings (SSSR count). The van der Waals surface area contributed by atoms with Crippen LogP contribution in [0.25, 0.3) is 0 Å². The van der Waals surface area contributed by atoms with Crippen LogP contribution in [0, 0.1) is 23.7 Å². The maximum Gasteiger partial charge on any atom is 0.120 e. The Bertz CT molecular complexity index is 501. The lowest BCUT2D eigenvalue weighted by atomic mass is 9.50. The number of ether oxygens (including phenoxy) is 1. The molecule has 0 aromatic heterocycles. The van der Waals surface area contributed by atoms with Gasteiger partial charge in [-0.1, -0.05) is 26.0 Å². The molecule has 0 aliphatic heterocycles. The van der Waals surface area contributed by atoms with Gasteiger partial charge in [0.05, 0.1) is 0 Å². The number of rotatable bonds is 4. The van der Waals surface area contributed by atoms with Crippen LogP contribution in [0.4, 0.5) is 0 Å². The monoisotopic (exact) mass is 298 g/mol. The van der Waals surface area contributed by atoms with Crippen LogP contribution in [0.2, 0.25) is 0 Å². The summed E-state index contributed by atoms with van der Waals surface area (Å²) in [6.45, 7) is 6.96.